The fraction of sp³-hybridized carbons (Fsp3) is 0.217. The zero-order chi connectivity index (χ0) is 22.4. The minimum atomic E-state index is -0.475. The van der Waals surface area contributed by atoms with Crippen molar-refractivity contribution in [3.63, 3.8) is 0 Å². The predicted molar refractivity (Wildman–Crippen MR) is 115 cm³/mol. The Bertz CT molecular complexity index is 1070. The highest BCUT2D eigenvalue weighted by Gasteiger charge is 2.14. The summed E-state index contributed by atoms with van der Waals surface area (Å²) in [6.45, 7) is 3.42. The number of rotatable bonds is 7. The summed E-state index contributed by atoms with van der Waals surface area (Å²) in [5.74, 6) is 0.885. The van der Waals surface area contributed by atoms with Gasteiger partial charge in [0, 0.05) is 17.2 Å². The molecule has 0 aliphatic heterocycles. The van der Waals surface area contributed by atoms with Crippen LogP contribution in [0.15, 0.2) is 48.8 Å². The monoisotopic (exact) mass is 421 g/mol. The number of nitrogens with one attached hydrogen (secondary N) is 1. The lowest BCUT2D eigenvalue weighted by Crippen LogP contribution is -2.16. The number of aromatic nitrogens is 2. The second-order valence-corrected chi connectivity index (χ2v) is 6.78. The Morgan fingerprint density at radius 3 is 2.26 bits per heavy atom. The number of benzene rings is 2. The van der Waals surface area contributed by atoms with Gasteiger partial charge in [-0.25, -0.2) is 14.8 Å². The van der Waals surface area contributed by atoms with Crippen LogP contribution >= 0.6 is 0 Å². The Labute approximate surface area is 180 Å². The van der Waals surface area contributed by atoms with Gasteiger partial charge in [-0.1, -0.05) is 0 Å². The first-order valence-electron chi connectivity index (χ1n) is 9.50. The molecule has 2 aromatic carbocycles. The summed E-state index contributed by atoms with van der Waals surface area (Å²) < 4.78 is 15.3. The summed E-state index contributed by atoms with van der Waals surface area (Å²) >= 11 is 0. The van der Waals surface area contributed by atoms with Crippen LogP contribution in [0.4, 0.5) is 5.82 Å². The largest absolute Gasteiger partial charge is 0.497 e. The summed E-state index contributed by atoms with van der Waals surface area (Å²) in [7, 11) is 2.90. The van der Waals surface area contributed by atoms with Gasteiger partial charge in [-0.2, -0.15) is 0 Å². The highest BCUT2D eigenvalue weighted by Crippen LogP contribution is 2.26. The van der Waals surface area contributed by atoms with Crippen molar-refractivity contribution in [2.24, 2.45) is 0 Å². The molecule has 0 aliphatic carbocycles. The lowest BCUT2D eigenvalue weighted by Gasteiger charge is -2.13. The first kappa shape index (κ1) is 21.8. The maximum atomic E-state index is 12.8. The summed E-state index contributed by atoms with van der Waals surface area (Å²) in [4.78, 5) is 32.5. The summed E-state index contributed by atoms with van der Waals surface area (Å²) in [6.07, 6.45) is 1.40. The number of carbonyl (C=O) groups excluding carboxylic acids is 2. The molecule has 0 atom stereocenters. The number of esters is 1. The van der Waals surface area contributed by atoms with Crippen molar-refractivity contribution in [3.8, 4) is 22.8 Å². The third-order valence-corrected chi connectivity index (χ3v) is 4.58. The number of methoxy groups -OCH3 is 2. The molecule has 1 N–H and O–H groups in total. The fourth-order valence-corrected chi connectivity index (χ4v) is 3.03. The van der Waals surface area contributed by atoms with Gasteiger partial charge < -0.3 is 19.5 Å². The van der Waals surface area contributed by atoms with E-state index in [0.29, 0.717) is 22.8 Å². The van der Waals surface area contributed by atoms with E-state index in [9.17, 15) is 9.59 Å². The van der Waals surface area contributed by atoms with E-state index < -0.39 is 5.97 Å². The predicted octanol–water partition coefficient (Wildman–Crippen LogP) is 3.57. The molecule has 8 heteroatoms. The van der Waals surface area contributed by atoms with Crippen molar-refractivity contribution < 1.29 is 23.8 Å². The van der Waals surface area contributed by atoms with Crippen LogP contribution in [-0.2, 0) is 9.53 Å². The van der Waals surface area contributed by atoms with Gasteiger partial charge in [0.1, 0.15) is 23.6 Å². The van der Waals surface area contributed by atoms with Crippen LogP contribution in [0.1, 0.15) is 21.5 Å². The van der Waals surface area contributed by atoms with Crippen molar-refractivity contribution in [3.05, 3.63) is 65.5 Å². The van der Waals surface area contributed by atoms with Gasteiger partial charge in [0.25, 0.3) is 5.91 Å². The molecule has 3 aromatic rings. The summed E-state index contributed by atoms with van der Waals surface area (Å²) in [6, 6.07) is 12.5. The quantitative estimate of drug-likeness (QED) is 0.582. The van der Waals surface area contributed by atoms with Gasteiger partial charge in [-0.05, 0) is 61.4 Å². The van der Waals surface area contributed by atoms with Crippen LogP contribution in [0.25, 0.3) is 11.3 Å². The van der Waals surface area contributed by atoms with Crippen LogP contribution in [0.2, 0.25) is 0 Å². The Kier molecular flexibility index (Phi) is 6.81. The lowest BCUT2D eigenvalue weighted by molar-refractivity contribution is -0.142. The number of hydrogen-bond donors (Lipinski definition) is 1. The maximum absolute atomic E-state index is 12.8. The third kappa shape index (κ3) is 5.36. The lowest BCUT2D eigenvalue weighted by atomic mass is 10.0. The van der Waals surface area contributed by atoms with E-state index in [-0.39, 0.29) is 12.5 Å². The smallest absolute Gasteiger partial charge is 0.343 e. The van der Waals surface area contributed by atoms with Gasteiger partial charge in [0.05, 0.1) is 19.9 Å². The molecule has 0 aliphatic rings. The Hall–Kier alpha value is -3.94. The Balaban J connectivity index is 1.76. The van der Waals surface area contributed by atoms with E-state index in [1.54, 1.807) is 25.3 Å². The number of nitrogens with zero attached hydrogens (tertiary/aromatic N) is 2. The SMILES string of the molecule is COC(=O)COc1c(C)cc(C(=O)Nc2cc(-c3ccc(OC)cc3)ncn2)cc1C. The van der Waals surface area contributed by atoms with Crippen LogP contribution in [-0.4, -0.2) is 42.7 Å². The number of ether oxygens (including phenoxy) is 3. The topological polar surface area (TPSA) is 99.6 Å². The molecule has 0 saturated carbocycles. The van der Waals surface area contributed by atoms with E-state index in [2.05, 4.69) is 20.0 Å². The molecule has 1 heterocycles. The normalized spacial score (nSPS) is 10.3. The Morgan fingerprint density at radius 2 is 1.65 bits per heavy atom. The van der Waals surface area contributed by atoms with Crippen molar-refractivity contribution in [2.75, 3.05) is 26.1 Å². The van der Waals surface area contributed by atoms with E-state index in [1.165, 1.54) is 13.4 Å². The average molecular weight is 421 g/mol. The van der Waals surface area contributed by atoms with E-state index in [1.807, 2.05) is 38.1 Å². The average Bonchev–Trinajstić information content (AvgIpc) is 2.78. The first-order chi connectivity index (χ1) is 14.9. The minimum absolute atomic E-state index is 0.196. The van der Waals surface area contributed by atoms with Crippen molar-refractivity contribution in [2.45, 2.75) is 13.8 Å². The summed E-state index contributed by atoms with van der Waals surface area (Å²) in [5.41, 5.74) is 3.46. The number of anilines is 1. The summed E-state index contributed by atoms with van der Waals surface area (Å²) in [5, 5.41) is 2.79. The van der Waals surface area contributed by atoms with Crippen molar-refractivity contribution in [1.82, 2.24) is 9.97 Å². The zero-order valence-corrected chi connectivity index (χ0v) is 17.8. The molecular weight excluding hydrogens is 398 g/mol. The van der Waals surface area contributed by atoms with E-state index in [0.717, 1.165) is 22.4 Å². The van der Waals surface area contributed by atoms with E-state index in [4.69, 9.17) is 9.47 Å². The molecule has 31 heavy (non-hydrogen) atoms. The molecule has 0 spiro atoms. The van der Waals surface area contributed by atoms with Crippen LogP contribution < -0.4 is 14.8 Å². The minimum Gasteiger partial charge on any atom is -0.497 e. The molecule has 0 unspecified atom stereocenters. The van der Waals surface area contributed by atoms with E-state index >= 15 is 0 Å². The van der Waals surface area contributed by atoms with Crippen LogP contribution in [0.3, 0.4) is 0 Å². The van der Waals surface area contributed by atoms with Gasteiger partial charge in [-0.15, -0.1) is 0 Å². The molecule has 8 nitrogen and oxygen atoms in total. The molecule has 0 radical (unpaired) electrons. The second-order valence-electron chi connectivity index (χ2n) is 6.78. The Morgan fingerprint density at radius 1 is 0.968 bits per heavy atom. The van der Waals surface area contributed by atoms with Gasteiger partial charge in [-0.3, -0.25) is 4.79 Å². The van der Waals surface area contributed by atoms with Gasteiger partial charge >= 0.3 is 5.97 Å². The molecule has 0 saturated heterocycles. The van der Waals surface area contributed by atoms with Crippen molar-refractivity contribution in [1.29, 1.82) is 0 Å². The van der Waals surface area contributed by atoms with Gasteiger partial charge in [0.2, 0.25) is 0 Å². The number of aryl methyl sites for hydroxylation is 2. The molecule has 3 rings (SSSR count). The standard InChI is InChI=1S/C23H23N3O5/c1-14-9-17(10-15(2)22(14)31-12-21(27)30-4)23(28)26-20-11-19(24-13-25-20)16-5-7-18(29-3)8-6-16/h5-11,13H,12H2,1-4H3,(H,24,25,26,28). The molecule has 1 amide bonds. The maximum Gasteiger partial charge on any atom is 0.343 e. The second kappa shape index (κ2) is 9.71. The zero-order valence-electron chi connectivity index (χ0n) is 17.8. The highest BCUT2D eigenvalue weighted by molar-refractivity contribution is 6.04. The fourth-order valence-electron chi connectivity index (χ4n) is 3.03. The van der Waals surface area contributed by atoms with Crippen LogP contribution in [0, 0.1) is 13.8 Å². The molecule has 1 aromatic heterocycles. The highest BCUT2D eigenvalue weighted by atomic mass is 16.6. The van der Waals surface area contributed by atoms with Crippen molar-refractivity contribution >= 4 is 17.7 Å². The molecule has 0 fully saturated rings. The molecular formula is C23H23N3O5. The van der Waals surface area contributed by atoms with Gasteiger partial charge in [0.15, 0.2) is 6.61 Å². The first-order valence-corrected chi connectivity index (χ1v) is 9.50. The number of hydrogen-bond acceptors (Lipinski definition) is 7. The number of carbonyl (C=O) groups is 2. The molecule has 160 valence electrons. The van der Waals surface area contributed by atoms with Crippen LogP contribution in [0.5, 0.6) is 11.5 Å². The number of amides is 1. The third-order valence-electron chi connectivity index (χ3n) is 4.58. The molecule has 0 bridgehead atoms.